The zero-order valence-corrected chi connectivity index (χ0v) is 9.46. The third-order valence-corrected chi connectivity index (χ3v) is 2.48. The lowest BCUT2D eigenvalue weighted by Gasteiger charge is -2.14. The molecule has 0 spiro atoms. The lowest BCUT2D eigenvalue weighted by molar-refractivity contribution is 0.0914. The van der Waals surface area contributed by atoms with E-state index >= 15 is 0 Å². The van der Waals surface area contributed by atoms with Gasteiger partial charge in [0.15, 0.2) is 0 Å². The van der Waals surface area contributed by atoms with Crippen LogP contribution in [0.25, 0.3) is 0 Å². The number of aliphatic hydroxyl groups is 1. The molecule has 0 saturated heterocycles. The Balaban J connectivity index is 2.80. The molecule has 1 unspecified atom stereocenters. The van der Waals surface area contributed by atoms with Crippen molar-refractivity contribution >= 4 is 5.91 Å². The fraction of sp³-hybridized carbons (Fsp3) is 0.417. The number of aryl methyl sites for hydroxylation is 1. The van der Waals surface area contributed by atoms with Gasteiger partial charge in [-0.25, -0.2) is 4.39 Å². The second kappa shape index (κ2) is 5.61. The van der Waals surface area contributed by atoms with Crippen LogP contribution < -0.4 is 5.32 Å². The normalized spacial score (nSPS) is 12.2. The third kappa shape index (κ3) is 3.03. The number of rotatable bonds is 4. The quantitative estimate of drug-likeness (QED) is 0.818. The van der Waals surface area contributed by atoms with E-state index < -0.39 is 0 Å². The van der Waals surface area contributed by atoms with E-state index in [-0.39, 0.29) is 24.4 Å². The van der Waals surface area contributed by atoms with Crippen molar-refractivity contribution < 1.29 is 14.3 Å². The van der Waals surface area contributed by atoms with Gasteiger partial charge in [0, 0.05) is 5.56 Å². The summed E-state index contributed by atoms with van der Waals surface area (Å²) in [5, 5.41) is 11.6. The molecule has 0 saturated carbocycles. The van der Waals surface area contributed by atoms with E-state index in [0.717, 1.165) is 0 Å². The highest BCUT2D eigenvalue weighted by molar-refractivity contribution is 5.95. The largest absolute Gasteiger partial charge is 0.394 e. The summed E-state index contributed by atoms with van der Waals surface area (Å²) < 4.78 is 12.8. The summed E-state index contributed by atoms with van der Waals surface area (Å²) in [4.78, 5) is 11.8. The van der Waals surface area contributed by atoms with Crippen LogP contribution in [0.15, 0.2) is 18.2 Å². The number of halogens is 1. The fourth-order valence-electron chi connectivity index (χ4n) is 1.42. The van der Waals surface area contributed by atoms with Gasteiger partial charge in [-0.2, -0.15) is 0 Å². The van der Waals surface area contributed by atoms with E-state index in [4.69, 9.17) is 5.11 Å². The molecule has 3 nitrogen and oxygen atoms in total. The summed E-state index contributed by atoms with van der Waals surface area (Å²) in [7, 11) is 0. The molecule has 0 radical (unpaired) electrons. The highest BCUT2D eigenvalue weighted by Crippen LogP contribution is 2.10. The van der Waals surface area contributed by atoms with Gasteiger partial charge in [-0.05, 0) is 37.1 Å². The molecule has 2 N–H and O–H groups in total. The Hall–Kier alpha value is -1.42. The van der Waals surface area contributed by atoms with E-state index in [1.54, 1.807) is 6.92 Å². The summed E-state index contributed by atoms with van der Waals surface area (Å²) in [6, 6.07) is 3.76. The van der Waals surface area contributed by atoms with Crippen molar-refractivity contribution in [3.63, 3.8) is 0 Å². The first kappa shape index (κ1) is 12.6. The van der Waals surface area contributed by atoms with Crippen LogP contribution in [0.1, 0.15) is 29.3 Å². The molecule has 0 aliphatic carbocycles. The molecule has 88 valence electrons. The van der Waals surface area contributed by atoms with Crippen molar-refractivity contribution in [1.82, 2.24) is 5.32 Å². The first-order chi connectivity index (χ1) is 7.58. The molecule has 0 bridgehead atoms. The predicted octanol–water partition coefficient (Wildman–Crippen LogP) is 1.63. The number of hydrogen-bond donors (Lipinski definition) is 2. The molecule has 0 aromatic heterocycles. The molecule has 0 fully saturated rings. The van der Waals surface area contributed by atoms with Crippen molar-refractivity contribution in [1.29, 1.82) is 0 Å². The van der Waals surface area contributed by atoms with Crippen LogP contribution in [0.2, 0.25) is 0 Å². The average molecular weight is 225 g/mol. The first-order valence-electron chi connectivity index (χ1n) is 5.26. The van der Waals surface area contributed by atoms with Crippen LogP contribution in [0.3, 0.4) is 0 Å². The third-order valence-electron chi connectivity index (χ3n) is 2.48. The lowest BCUT2D eigenvalue weighted by Crippen LogP contribution is -2.37. The molecule has 1 atom stereocenters. The van der Waals surface area contributed by atoms with Gasteiger partial charge in [-0.3, -0.25) is 4.79 Å². The molecule has 0 heterocycles. The maximum atomic E-state index is 12.8. The Bertz CT molecular complexity index is 375. The molecule has 0 aliphatic heterocycles. The van der Waals surface area contributed by atoms with Gasteiger partial charge < -0.3 is 10.4 Å². The molecular formula is C12H16FNO2. The predicted molar refractivity (Wildman–Crippen MR) is 59.8 cm³/mol. The van der Waals surface area contributed by atoms with Crippen LogP contribution in [0.5, 0.6) is 0 Å². The monoisotopic (exact) mass is 225 g/mol. The lowest BCUT2D eigenvalue weighted by atomic mass is 10.1. The Labute approximate surface area is 94.3 Å². The zero-order chi connectivity index (χ0) is 12.1. The second-order valence-electron chi connectivity index (χ2n) is 3.72. The molecule has 1 rings (SSSR count). The number of amides is 1. The summed E-state index contributed by atoms with van der Waals surface area (Å²) in [5.74, 6) is -0.637. The van der Waals surface area contributed by atoms with E-state index in [2.05, 4.69) is 5.32 Å². The van der Waals surface area contributed by atoms with Gasteiger partial charge in [0.1, 0.15) is 5.82 Å². The van der Waals surface area contributed by atoms with Crippen molar-refractivity contribution in [2.45, 2.75) is 26.3 Å². The summed E-state index contributed by atoms with van der Waals surface area (Å²) in [5.41, 5.74) is 1.03. The minimum atomic E-state index is -0.358. The highest BCUT2D eigenvalue weighted by Gasteiger charge is 2.13. The van der Waals surface area contributed by atoms with Gasteiger partial charge in [0.05, 0.1) is 12.6 Å². The minimum absolute atomic E-state index is 0.0948. The standard InChI is InChI=1S/C12H16FNO2/c1-3-10(7-15)14-12(16)11-5-4-9(13)6-8(11)2/h4-6,10,15H,3,7H2,1-2H3,(H,14,16). The maximum Gasteiger partial charge on any atom is 0.251 e. The number of benzene rings is 1. The van der Waals surface area contributed by atoms with E-state index in [0.29, 0.717) is 17.5 Å². The van der Waals surface area contributed by atoms with Crippen LogP contribution in [0, 0.1) is 12.7 Å². The molecular weight excluding hydrogens is 209 g/mol. The number of aliphatic hydroxyl groups excluding tert-OH is 1. The minimum Gasteiger partial charge on any atom is -0.394 e. The van der Waals surface area contributed by atoms with Crippen molar-refractivity contribution in [2.24, 2.45) is 0 Å². The van der Waals surface area contributed by atoms with Crippen LogP contribution in [-0.2, 0) is 0 Å². The second-order valence-corrected chi connectivity index (χ2v) is 3.72. The zero-order valence-electron chi connectivity index (χ0n) is 9.46. The van der Waals surface area contributed by atoms with E-state index in [1.807, 2.05) is 6.92 Å². The SMILES string of the molecule is CCC(CO)NC(=O)c1ccc(F)cc1C. The van der Waals surface area contributed by atoms with Crippen LogP contribution >= 0.6 is 0 Å². The Morgan fingerprint density at radius 1 is 1.56 bits per heavy atom. The van der Waals surface area contributed by atoms with Crippen molar-refractivity contribution in [2.75, 3.05) is 6.61 Å². The molecule has 1 amide bonds. The van der Waals surface area contributed by atoms with Gasteiger partial charge in [-0.1, -0.05) is 6.92 Å². The van der Waals surface area contributed by atoms with Gasteiger partial charge in [0.2, 0.25) is 0 Å². The molecule has 1 aromatic rings. The van der Waals surface area contributed by atoms with Gasteiger partial charge in [0.25, 0.3) is 5.91 Å². The number of nitrogens with one attached hydrogen (secondary N) is 1. The summed E-state index contributed by atoms with van der Waals surface area (Å²) in [6.45, 7) is 3.46. The smallest absolute Gasteiger partial charge is 0.251 e. The molecule has 16 heavy (non-hydrogen) atoms. The maximum absolute atomic E-state index is 12.8. The van der Waals surface area contributed by atoms with Crippen LogP contribution in [-0.4, -0.2) is 23.7 Å². The summed E-state index contributed by atoms with van der Waals surface area (Å²) >= 11 is 0. The Kier molecular flexibility index (Phi) is 4.43. The number of hydrogen-bond acceptors (Lipinski definition) is 2. The van der Waals surface area contributed by atoms with Gasteiger partial charge >= 0.3 is 0 Å². The number of carbonyl (C=O) groups is 1. The summed E-state index contributed by atoms with van der Waals surface area (Å²) in [6.07, 6.45) is 0.655. The molecule has 4 heteroatoms. The van der Waals surface area contributed by atoms with E-state index in [1.165, 1.54) is 18.2 Å². The number of carbonyl (C=O) groups excluding carboxylic acids is 1. The first-order valence-corrected chi connectivity index (χ1v) is 5.26. The van der Waals surface area contributed by atoms with E-state index in [9.17, 15) is 9.18 Å². The fourth-order valence-corrected chi connectivity index (χ4v) is 1.42. The molecule has 1 aromatic carbocycles. The van der Waals surface area contributed by atoms with Crippen molar-refractivity contribution in [3.8, 4) is 0 Å². The molecule has 0 aliphatic rings. The topological polar surface area (TPSA) is 49.3 Å². The van der Waals surface area contributed by atoms with Crippen LogP contribution in [0.4, 0.5) is 4.39 Å². The average Bonchev–Trinajstić information content (AvgIpc) is 2.25. The Morgan fingerprint density at radius 3 is 2.75 bits per heavy atom. The highest BCUT2D eigenvalue weighted by atomic mass is 19.1. The van der Waals surface area contributed by atoms with Crippen molar-refractivity contribution in [3.05, 3.63) is 35.1 Å². The Morgan fingerprint density at radius 2 is 2.25 bits per heavy atom. The van der Waals surface area contributed by atoms with Gasteiger partial charge in [-0.15, -0.1) is 0 Å².